The first-order valence-electron chi connectivity index (χ1n) is 8.13. The van der Waals surface area contributed by atoms with Gasteiger partial charge < -0.3 is 18.8 Å². The number of carbonyl (C=O) groups is 3. The molecular formula is C20H17NO6. The number of rotatable bonds is 4. The van der Waals surface area contributed by atoms with Gasteiger partial charge in [0.25, 0.3) is 0 Å². The lowest BCUT2D eigenvalue weighted by atomic mass is 10.2. The Balaban J connectivity index is 2.04. The second-order valence-electron chi connectivity index (χ2n) is 5.87. The second kappa shape index (κ2) is 7.33. The van der Waals surface area contributed by atoms with Crippen LogP contribution in [0.1, 0.15) is 20.8 Å². The fraction of sp³-hybridized carbons (Fsp3) is 0.150. The van der Waals surface area contributed by atoms with Gasteiger partial charge in [0.1, 0.15) is 11.5 Å². The zero-order valence-corrected chi connectivity index (χ0v) is 15.0. The van der Waals surface area contributed by atoms with Crippen LogP contribution >= 0.6 is 0 Å². The summed E-state index contributed by atoms with van der Waals surface area (Å²) < 4.78 is 17.2. The van der Waals surface area contributed by atoms with Crippen molar-refractivity contribution in [2.24, 2.45) is 0 Å². The van der Waals surface area contributed by atoms with Crippen molar-refractivity contribution in [3.05, 3.63) is 48.8 Å². The van der Waals surface area contributed by atoms with Crippen LogP contribution in [0.4, 0.5) is 0 Å². The first-order chi connectivity index (χ1) is 12.8. The zero-order chi connectivity index (χ0) is 19.6. The van der Waals surface area contributed by atoms with Gasteiger partial charge in [0, 0.05) is 50.0 Å². The third-order valence-corrected chi connectivity index (χ3v) is 3.60. The number of nitrogens with zero attached hydrogens (tertiary/aromatic N) is 1. The van der Waals surface area contributed by atoms with Crippen molar-refractivity contribution in [1.29, 1.82) is 0 Å². The number of carbonyl (C=O) groups excluding carboxylic acids is 3. The molecule has 0 saturated heterocycles. The first kappa shape index (κ1) is 18.2. The minimum absolute atomic E-state index is 0.252. The Morgan fingerprint density at radius 2 is 1.26 bits per heavy atom. The monoisotopic (exact) mass is 367 g/mol. The van der Waals surface area contributed by atoms with Crippen molar-refractivity contribution in [3.63, 3.8) is 0 Å². The summed E-state index contributed by atoms with van der Waals surface area (Å²) in [7, 11) is 0. The number of hydrogen-bond acceptors (Lipinski definition) is 6. The lowest BCUT2D eigenvalue weighted by molar-refractivity contribution is -0.133. The molecule has 1 aromatic heterocycles. The maximum absolute atomic E-state index is 11.5. The van der Waals surface area contributed by atoms with Crippen LogP contribution in [0.2, 0.25) is 0 Å². The normalized spacial score (nSPS) is 10.5. The number of fused-ring (bicyclic) bond motifs is 1. The van der Waals surface area contributed by atoms with E-state index in [9.17, 15) is 14.4 Å². The van der Waals surface area contributed by atoms with Crippen LogP contribution in [-0.2, 0) is 14.4 Å². The Bertz CT molecular complexity index is 1050. The fourth-order valence-corrected chi connectivity index (χ4v) is 2.66. The molecule has 7 heteroatoms. The van der Waals surface area contributed by atoms with E-state index in [1.54, 1.807) is 28.8 Å². The van der Waals surface area contributed by atoms with E-state index in [1.807, 2.05) is 18.5 Å². The number of ether oxygens (including phenoxy) is 3. The molecule has 138 valence electrons. The fourth-order valence-electron chi connectivity index (χ4n) is 2.66. The van der Waals surface area contributed by atoms with Gasteiger partial charge in [-0.25, -0.2) is 0 Å². The molecule has 0 aliphatic heterocycles. The third kappa shape index (κ3) is 4.33. The molecule has 3 rings (SSSR count). The van der Waals surface area contributed by atoms with Crippen LogP contribution in [-0.4, -0.2) is 22.5 Å². The van der Waals surface area contributed by atoms with Crippen LogP contribution in [0.15, 0.2) is 48.8 Å². The molecule has 27 heavy (non-hydrogen) atoms. The van der Waals surface area contributed by atoms with Gasteiger partial charge in [-0.1, -0.05) is 0 Å². The van der Waals surface area contributed by atoms with Gasteiger partial charge in [-0.3, -0.25) is 14.4 Å². The number of esters is 3. The molecule has 2 aromatic carbocycles. The SMILES string of the molecule is CC(=O)Oc1ccc(-n2cc3ccc(OC(C)=O)cc3c2)c(OC(C)=O)c1. The van der Waals surface area contributed by atoms with E-state index in [2.05, 4.69) is 0 Å². The molecular weight excluding hydrogens is 350 g/mol. The lowest BCUT2D eigenvalue weighted by Crippen LogP contribution is -2.07. The second-order valence-corrected chi connectivity index (χ2v) is 5.87. The summed E-state index contributed by atoms with van der Waals surface area (Å²) in [5, 5.41) is 1.75. The van der Waals surface area contributed by atoms with Crippen molar-refractivity contribution < 1.29 is 28.6 Å². The van der Waals surface area contributed by atoms with Crippen LogP contribution in [0, 0.1) is 0 Å². The number of aromatic nitrogens is 1. The van der Waals surface area contributed by atoms with Gasteiger partial charge in [-0.15, -0.1) is 0 Å². The minimum atomic E-state index is -0.495. The maximum atomic E-state index is 11.5. The van der Waals surface area contributed by atoms with E-state index in [4.69, 9.17) is 14.2 Å². The van der Waals surface area contributed by atoms with Crippen molar-refractivity contribution >= 4 is 28.7 Å². The Labute approximate surface area is 155 Å². The molecule has 0 unspecified atom stereocenters. The van der Waals surface area contributed by atoms with Crippen molar-refractivity contribution in [1.82, 2.24) is 4.57 Å². The van der Waals surface area contributed by atoms with Crippen LogP contribution in [0.25, 0.3) is 16.5 Å². The summed E-state index contributed by atoms with van der Waals surface area (Å²) in [5.74, 6) is -0.394. The third-order valence-electron chi connectivity index (χ3n) is 3.60. The Morgan fingerprint density at radius 3 is 1.89 bits per heavy atom. The molecule has 3 aromatic rings. The molecule has 0 atom stereocenters. The van der Waals surface area contributed by atoms with Crippen molar-refractivity contribution in [2.45, 2.75) is 20.8 Å². The van der Waals surface area contributed by atoms with Gasteiger partial charge in [0.15, 0.2) is 5.75 Å². The Morgan fingerprint density at radius 1 is 0.704 bits per heavy atom. The molecule has 1 heterocycles. The van der Waals surface area contributed by atoms with Gasteiger partial charge in [-0.2, -0.15) is 0 Å². The predicted molar refractivity (Wildman–Crippen MR) is 97.2 cm³/mol. The molecule has 0 aliphatic carbocycles. The van der Waals surface area contributed by atoms with Crippen LogP contribution in [0.3, 0.4) is 0 Å². The zero-order valence-electron chi connectivity index (χ0n) is 15.0. The van der Waals surface area contributed by atoms with E-state index in [-0.39, 0.29) is 11.5 Å². The largest absolute Gasteiger partial charge is 0.427 e. The number of hydrogen-bond donors (Lipinski definition) is 0. The highest BCUT2D eigenvalue weighted by molar-refractivity contribution is 5.85. The number of benzene rings is 2. The first-order valence-corrected chi connectivity index (χ1v) is 8.13. The van der Waals surface area contributed by atoms with Crippen LogP contribution < -0.4 is 14.2 Å². The Kier molecular flexibility index (Phi) is 4.94. The van der Waals surface area contributed by atoms with E-state index in [1.165, 1.54) is 26.8 Å². The maximum Gasteiger partial charge on any atom is 0.308 e. The summed E-state index contributed by atoms with van der Waals surface area (Å²) in [4.78, 5) is 33.7. The summed E-state index contributed by atoms with van der Waals surface area (Å²) in [5.41, 5.74) is 0.589. The van der Waals surface area contributed by atoms with E-state index >= 15 is 0 Å². The highest BCUT2D eigenvalue weighted by Crippen LogP contribution is 2.31. The molecule has 7 nitrogen and oxygen atoms in total. The summed E-state index contributed by atoms with van der Waals surface area (Å²) in [6, 6.07) is 10.0. The molecule has 0 radical (unpaired) electrons. The van der Waals surface area contributed by atoms with Gasteiger partial charge in [0.2, 0.25) is 0 Å². The average Bonchev–Trinajstić information content (AvgIpc) is 2.96. The van der Waals surface area contributed by atoms with Crippen LogP contribution in [0.5, 0.6) is 17.2 Å². The topological polar surface area (TPSA) is 83.8 Å². The van der Waals surface area contributed by atoms with E-state index in [0.29, 0.717) is 11.4 Å². The molecule has 0 amide bonds. The van der Waals surface area contributed by atoms with Crippen molar-refractivity contribution in [3.8, 4) is 22.9 Å². The summed E-state index contributed by atoms with van der Waals surface area (Å²) in [6.45, 7) is 3.92. The molecule has 0 saturated carbocycles. The molecule has 0 fully saturated rings. The Hall–Kier alpha value is -3.61. The van der Waals surface area contributed by atoms with Gasteiger partial charge in [-0.05, 0) is 30.3 Å². The summed E-state index contributed by atoms with van der Waals surface area (Å²) in [6.07, 6.45) is 3.66. The molecule has 0 bridgehead atoms. The van der Waals surface area contributed by atoms with Gasteiger partial charge in [0.05, 0.1) is 5.69 Å². The van der Waals surface area contributed by atoms with E-state index < -0.39 is 17.9 Å². The molecule has 0 aliphatic rings. The standard InChI is InChI=1S/C20H17NO6/c1-12(22)25-17-5-4-15-10-21(11-16(15)8-17)19-7-6-18(26-13(2)23)9-20(19)27-14(3)24/h4-11H,1-3H3. The van der Waals surface area contributed by atoms with Crippen molar-refractivity contribution in [2.75, 3.05) is 0 Å². The van der Waals surface area contributed by atoms with Gasteiger partial charge >= 0.3 is 17.9 Å². The highest BCUT2D eigenvalue weighted by Gasteiger charge is 2.13. The average molecular weight is 367 g/mol. The summed E-state index contributed by atoms with van der Waals surface area (Å²) >= 11 is 0. The molecule has 0 N–H and O–H groups in total. The smallest absolute Gasteiger partial charge is 0.308 e. The van der Waals surface area contributed by atoms with E-state index in [0.717, 1.165) is 10.8 Å². The predicted octanol–water partition coefficient (Wildman–Crippen LogP) is 3.41. The highest BCUT2D eigenvalue weighted by atomic mass is 16.5. The lowest BCUT2D eigenvalue weighted by Gasteiger charge is -2.11. The molecule has 0 spiro atoms. The minimum Gasteiger partial charge on any atom is -0.427 e. The quantitative estimate of drug-likeness (QED) is 0.519.